The molecule has 0 heterocycles. The van der Waals surface area contributed by atoms with Gasteiger partial charge in [0.2, 0.25) is 0 Å². The molecule has 0 saturated heterocycles. The van der Waals surface area contributed by atoms with E-state index in [1.807, 2.05) is 18.2 Å². The number of aliphatic hydroxyl groups is 1. The van der Waals surface area contributed by atoms with E-state index in [0.717, 1.165) is 10.0 Å². The Labute approximate surface area is 122 Å². The molecule has 1 unspecified atom stereocenters. The molecule has 0 aliphatic rings. The largest absolute Gasteiger partial charge is 0.389 e. The Morgan fingerprint density at radius 2 is 2.22 bits per heavy atom. The Morgan fingerprint density at radius 3 is 2.89 bits per heavy atom. The predicted octanol–water partition coefficient (Wildman–Crippen LogP) is 2.98. The molecule has 5 heteroatoms. The van der Waals surface area contributed by atoms with Crippen molar-refractivity contribution in [2.24, 2.45) is 0 Å². The van der Waals surface area contributed by atoms with Gasteiger partial charge in [0.25, 0.3) is 0 Å². The maximum absolute atomic E-state index is 10.1. The first-order chi connectivity index (χ1) is 8.44. The summed E-state index contributed by atoms with van der Waals surface area (Å²) in [4.78, 5) is 0. The van der Waals surface area contributed by atoms with Crippen LogP contribution >= 0.6 is 27.5 Å². The van der Waals surface area contributed by atoms with Gasteiger partial charge in [-0.25, -0.2) is 0 Å². The zero-order valence-corrected chi connectivity index (χ0v) is 13.0. The molecular formula is C13H19BrClNO2. The molecule has 0 saturated carbocycles. The number of hydrogen-bond donors (Lipinski definition) is 2. The fourth-order valence-corrected chi connectivity index (χ4v) is 2.14. The summed E-state index contributed by atoms with van der Waals surface area (Å²) in [5.41, 5.74) is 0.311. The van der Waals surface area contributed by atoms with Crippen molar-refractivity contribution in [2.75, 3.05) is 20.3 Å². The Morgan fingerprint density at radius 1 is 1.50 bits per heavy atom. The Kier molecular flexibility index (Phi) is 6.60. The lowest BCUT2D eigenvalue weighted by molar-refractivity contribution is 0.0247. The van der Waals surface area contributed by atoms with Gasteiger partial charge in [0.15, 0.2) is 0 Å². The molecule has 1 rings (SSSR count). The van der Waals surface area contributed by atoms with Gasteiger partial charge in [-0.2, -0.15) is 0 Å². The Hall–Kier alpha value is -0.130. The Balaban J connectivity index is 2.43. The zero-order valence-electron chi connectivity index (χ0n) is 10.7. The molecule has 0 fully saturated rings. The fourth-order valence-electron chi connectivity index (χ4n) is 1.56. The van der Waals surface area contributed by atoms with E-state index >= 15 is 0 Å². The van der Waals surface area contributed by atoms with Gasteiger partial charge in [-0.3, -0.25) is 0 Å². The van der Waals surface area contributed by atoms with Crippen LogP contribution in [0.3, 0.4) is 0 Å². The molecule has 1 aromatic carbocycles. The monoisotopic (exact) mass is 335 g/mol. The maximum atomic E-state index is 10.1. The number of nitrogens with one attached hydrogen (secondary N) is 1. The lowest BCUT2D eigenvalue weighted by atomic mass is 10.0. The van der Waals surface area contributed by atoms with Crippen molar-refractivity contribution in [2.45, 2.75) is 25.5 Å². The van der Waals surface area contributed by atoms with Gasteiger partial charge < -0.3 is 15.2 Å². The second-order valence-corrected chi connectivity index (χ2v) is 5.87. The van der Waals surface area contributed by atoms with Crippen molar-refractivity contribution < 1.29 is 9.84 Å². The van der Waals surface area contributed by atoms with Crippen molar-refractivity contribution in [3.63, 3.8) is 0 Å². The molecule has 1 atom stereocenters. The van der Waals surface area contributed by atoms with Crippen molar-refractivity contribution >= 4 is 27.5 Å². The van der Waals surface area contributed by atoms with Crippen LogP contribution in [0.25, 0.3) is 0 Å². The number of rotatable bonds is 7. The van der Waals surface area contributed by atoms with Crippen molar-refractivity contribution in [3.05, 3.63) is 33.3 Å². The molecule has 0 radical (unpaired) electrons. The maximum Gasteiger partial charge on any atom is 0.0765 e. The molecule has 3 nitrogen and oxygen atoms in total. The minimum atomic E-state index is -0.763. The molecular weight excluding hydrogens is 318 g/mol. The molecule has 1 aromatic rings. The van der Waals surface area contributed by atoms with Crippen LogP contribution in [0.2, 0.25) is 5.02 Å². The smallest absolute Gasteiger partial charge is 0.0765 e. The predicted molar refractivity (Wildman–Crippen MR) is 78.0 cm³/mol. The minimum absolute atomic E-state index is 0.509. The third-order valence-electron chi connectivity index (χ3n) is 2.67. The van der Waals surface area contributed by atoms with E-state index in [1.165, 1.54) is 0 Å². The second kappa shape index (κ2) is 7.46. The first kappa shape index (κ1) is 15.9. The summed E-state index contributed by atoms with van der Waals surface area (Å²) in [5.74, 6) is 0. The van der Waals surface area contributed by atoms with Crippen LogP contribution in [0, 0.1) is 0 Å². The highest BCUT2D eigenvalue weighted by molar-refractivity contribution is 9.10. The first-order valence-electron chi connectivity index (χ1n) is 5.80. The van der Waals surface area contributed by atoms with E-state index in [9.17, 15) is 5.11 Å². The van der Waals surface area contributed by atoms with Gasteiger partial charge in [0, 0.05) is 42.7 Å². The van der Waals surface area contributed by atoms with Crippen LogP contribution in [0.1, 0.15) is 18.9 Å². The average molecular weight is 337 g/mol. The average Bonchev–Trinajstić information content (AvgIpc) is 2.31. The molecule has 0 aliphatic carbocycles. The van der Waals surface area contributed by atoms with Crippen LogP contribution in [-0.2, 0) is 11.3 Å². The van der Waals surface area contributed by atoms with E-state index in [0.29, 0.717) is 31.1 Å². The third-order valence-corrected chi connectivity index (χ3v) is 3.68. The minimum Gasteiger partial charge on any atom is -0.389 e. The van der Waals surface area contributed by atoms with Crippen molar-refractivity contribution in [3.8, 4) is 0 Å². The van der Waals surface area contributed by atoms with Crippen molar-refractivity contribution in [1.29, 1.82) is 0 Å². The molecule has 18 heavy (non-hydrogen) atoms. The molecule has 0 aliphatic heterocycles. The first-order valence-corrected chi connectivity index (χ1v) is 6.98. The number of methoxy groups -OCH3 is 1. The van der Waals surface area contributed by atoms with E-state index in [-0.39, 0.29) is 0 Å². The van der Waals surface area contributed by atoms with Crippen LogP contribution in [0.4, 0.5) is 0 Å². The van der Waals surface area contributed by atoms with Crippen LogP contribution in [0.15, 0.2) is 22.7 Å². The van der Waals surface area contributed by atoms with Gasteiger partial charge >= 0.3 is 0 Å². The van der Waals surface area contributed by atoms with Crippen molar-refractivity contribution in [1.82, 2.24) is 5.32 Å². The second-order valence-electron chi connectivity index (χ2n) is 4.58. The number of hydrogen-bond acceptors (Lipinski definition) is 3. The molecule has 2 N–H and O–H groups in total. The zero-order chi connectivity index (χ0) is 13.6. The lowest BCUT2D eigenvalue weighted by Gasteiger charge is -2.23. The summed E-state index contributed by atoms with van der Waals surface area (Å²) < 4.78 is 5.97. The highest BCUT2D eigenvalue weighted by Gasteiger charge is 2.19. The molecule has 0 aromatic heterocycles. The Bertz CT molecular complexity index is 385. The number of halogens is 2. The SMILES string of the molecule is COCCC(C)(O)CNCc1cc(Cl)ccc1Br. The van der Waals surface area contributed by atoms with Gasteiger partial charge in [0.05, 0.1) is 5.60 Å². The number of ether oxygens (including phenoxy) is 1. The summed E-state index contributed by atoms with van der Waals surface area (Å²) in [6.45, 7) is 3.52. The van der Waals surface area contributed by atoms with Gasteiger partial charge in [-0.15, -0.1) is 0 Å². The van der Waals surface area contributed by atoms with Gasteiger partial charge in [-0.05, 0) is 30.7 Å². The molecule has 102 valence electrons. The van der Waals surface area contributed by atoms with E-state index in [4.69, 9.17) is 16.3 Å². The summed E-state index contributed by atoms with van der Waals surface area (Å²) in [6.07, 6.45) is 0.604. The van der Waals surface area contributed by atoms with E-state index < -0.39 is 5.60 Å². The molecule has 0 spiro atoms. The summed E-state index contributed by atoms with van der Waals surface area (Å²) >= 11 is 9.41. The van der Waals surface area contributed by atoms with Gasteiger partial charge in [0.1, 0.15) is 0 Å². The number of benzene rings is 1. The molecule has 0 bridgehead atoms. The van der Waals surface area contributed by atoms with E-state index in [2.05, 4.69) is 21.2 Å². The van der Waals surface area contributed by atoms with Crippen LogP contribution in [0.5, 0.6) is 0 Å². The normalized spacial score (nSPS) is 14.5. The van der Waals surface area contributed by atoms with E-state index in [1.54, 1.807) is 14.0 Å². The summed E-state index contributed by atoms with van der Waals surface area (Å²) in [7, 11) is 1.63. The van der Waals surface area contributed by atoms with Crippen LogP contribution in [-0.4, -0.2) is 31.0 Å². The highest BCUT2D eigenvalue weighted by atomic mass is 79.9. The van der Waals surface area contributed by atoms with Gasteiger partial charge in [-0.1, -0.05) is 27.5 Å². The topological polar surface area (TPSA) is 41.5 Å². The summed E-state index contributed by atoms with van der Waals surface area (Å²) in [5, 5.41) is 14.0. The fraction of sp³-hybridized carbons (Fsp3) is 0.538. The third kappa shape index (κ3) is 5.67. The highest BCUT2D eigenvalue weighted by Crippen LogP contribution is 2.21. The standard InChI is InChI=1S/C13H19BrClNO2/c1-13(17,5-6-18-2)9-16-8-10-7-11(15)3-4-12(10)14/h3-4,7,16-17H,5-6,8-9H2,1-2H3. The quantitative estimate of drug-likeness (QED) is 0.804. The summed E-state index contributed by atoms with van der Waals surface area (Å²) in [6, 6.07) is 5.66. The lowest BCUT2D eigenvalue weighted by Crippen LogP contribution is -2.38. The van der Waals surface area contributed by atoms with Crippen LogP contribution < -0.4 is 5.32 Å². The molecule has 0 amide bonds.